The molecule has 1 aliphatic rings. The minimum atomic E-state index is -0.734. The highest BCUT2D eigenvalue weighted by Crippen LogP contribution is 2.35. The van der Waals surface area contributed by atoms with Crippen molar-refractivity contribution in [1.82, 2.24) is 0 Å². The van der Waals surface area contributed by atoms with Crippen molar-refractivity contribution in [3.8, 4) is 0 Å². The Bertz CT molecular complexity index is 147. The Morgan fingerprint density at radius 3 is 2.08 bits per heavy atom. The van der Waals surface area contributed by atoms with Gasteiger partial charge in [-0.05, 0) is 18.3 Å². The van der Waals surface area contributed by atoms with E-state index in [1.54, 1.807) is 0 Å². The van der Waals surface area contributed by atoms with Gasteiger partial charge in [-0.25, -0.2) is 0 Å². The molecule has 0 bridgehead atoms. The molecule has 1 rings (SSSR count). The molecule has 0 amide bonds. The zero-order chi connectivity index (χ0) is 9.30. The van der Waals surface area contributed by atoms with Crippen LogP contribution in [0.25, 0.3) is 0 Å². The zero-order valence-corrected chi connectivity index (χ0v) is 7.64. The molecule has 0 saturated heterocycles. The standard InChI is InChI=1S/C9H18O3/c1-5(2)7-3-6(4-10)8(11)9(7)12/h5-12H,3-4H2,1-2H3. The molecule has 0 aliphatic heterocycles. The second kappa shape index (κ2) is 3.73. The van der Waals surface area contributed by atoms with Crippen molar-refractivity contribution in [1.29, 1.82) is 0 Å². The second-order valence-electron chi connectivity index (χ2n) is 4.07. The summed E-state index contributed by atoms with van der Waals surface area (Å²) < 4.78 is 0. The Balaban J connectivity index is 2.60. The van der Waals surface area contributed by atoms with Crippen LogP contribution in [0.2, 0.25) is 0 Å². The quantitative estimate of drug-likeness (QED) is 0.552. The monoisotopic (exact) mass is 174 g/mol. The van der Waals surface area contributed by atoms with Crippen LogP contribution in [-0.4, -0.2) is 34.1 Å². The molecule has 1 fully saturated rings. The van der Waals surface area contributed by atoms with Crippen molar-refractivity contribution >= 4 is 0 Å². The Morgan fingerprint density at radius 2 is 1.83 bits per heavy atom. The van der Waals surface area contributed by atoms with Crippen molar-refractivity contribution in [3.05, 3.63) is 0 Å². The van der Waals surface area contributed by atoms with E-state index in [0.29, 0.717) is 5.92 Å². The lowest BCUT2D eigenvalue weighted by Crippen LogP contribution is -2.30. The smallest absolute Gasteiger partial charge is 0.0852 e. The molecule has 0 heterocycles. The first-order valence-corrected chi connectivity index (χ1v) is 4.55. The first-order chi connectivity index (χ1) is 5.57. The summed E-state index contributed by atoms with van der Waals surface area (Å²) in [4.78, 5) is 0. The summed E-state index contributed by atoms with van der Waals surface area (Å²) in [7, 11) is 0. The van der Waals surface area contributed by atoms with Crippen LogP contribution in [0.3, 0.4) is 0 Å². The van der Waals surface area contributed by atoms with Crippen molar-refractivity contribution in [2.24, 2.45) is 17.8 Å². The maximum Gasteiger partial charge on any atom is 0.0852 e. The van der Waals surface area contributed by atoms with Crippen LogP contribution in [0, 0.1) is 17.8 Å². The number of rotatable bonds is 2. The molecule has 3 heteroatoms. The Hall–Kier alpha value is -0.120. The SMILES string of the molecule is CC(C)C1CC(CO)C(O)C1O. The van der Waals surface area contributed by atoms with E-state index < -0.39 is 12.2 Å². The second-order valence-corrected chi connectivity index (χ2v) is 4.07. The largest absolute Gasteiger partial charge is 0.396 e. The van der Waals surface area contributed by atoms with Gasteiger partial charge in [-0.3, -0.25) is 0 Å². The van der Waals surface area contributed by atoms with Gasteiger partial charge in [-0.15, -0.1) is 0 Å². The molecule has 72 valence electrons. The minimum absolute atomic E-state index is 0.0263. The first-order valence-electron chi connectivity index (χ1n) is 4.55. The Labute approximate surface area is 73.0 Å². The Kier molecular flexibility index (Phi) is 3.09. The fourth-order valence-electron chi connectivity index (χ4n) is 2.01. The summed E-state index contributed by atoms with van der Waals surface area (Å²) in [6.45, 7) is 4.03. The summed E-state index contributed by atoms with van der Waals surface area (Å²) >= 11 is 0. The van der Waals surface area contributed by atoms with E-state index in [1.165, 1.54) is 0 Å². The third-order valence-corrected chi connectivity index (χ3v) is 2.94. The van der Waals surface area contributed by atoms with Crippen LogP contribution in [0.15, 0.2) is 0 Å². The van der Waals surface area contributed by atoms with Gasteiger partial charge in [0.25, 0.3) is 0 Å². The minimum Gasteiger partial charge on any atom is -0.396 e. The predicted molar refractivity (Wildman–Crippen MR) is 45.5 cm³/mol. The van der Waals surface area contributed by atoms with Gasteiger partial charge in [0, 0.05) is 12.5 Å². The van der Waals surface area contributed by atoms with Gasteiger partial charge < -0.3 is 15.3 Å². The van der Waals surface area contributed by atoms with E-state index in [0.717, 1.165) is 6.42 Å². The summed E-state index contributed by atoms with van der Waals surface area (Å²) in [5, 5.41) is 27.9. The van der Waals surface area contributed by atoms with E-state index in [4.69, 9.17) is 5.11 Å². The summed E-state index contributed by atoms with van der Waals surface area (Å²) in [6, 6.07) is 0. The molecule has 0 aromatic carbocycles. The number of aliphatic hydroxyl groups excluding tert-OH is 3. The fourth-order valence-corrected chi connectivity index (χ4v) is 2.01. The number of hydrogen-bond donors (Lipinski definition) is 3. The normalized spacial score (nSPS) is 42.5. The molecule has 4 unspecified atom stereocenters. The van der Waals surface area contributed by atoms with Gasteiger partial charge >= 0.3 is 0 Å². The van der Waals surface area contributed by atoms with E-state index in [1.807, 2.05) is 13.8 Å². The van der Waals surface area contributed by atoms with Crippen LogP contribution in [0.4, 0.5) is 0 Å². The highest BCUT2D eigenvalue weighted by Gasteiger charge is 2.41. The van der Waals surface area contributed by atoms with E-state index in [-0.39, 0.29) is 18.4 Å². The molecule has 3 nitrogen and oxygen atoms in total. The molecular weight excluding hydrogens is 156 g/mol. The first kappa shape index (κ1) is 9.96. The highest BCUT2D eigenvalue weighted by molar-refractivity contribution is 4.91. The molecule has 1 saturated carbocycles. The van der Waals surface area contributed by atoms with Crippen LogP contribution in [0.5, 0.6) is 0 Å². The zero-order valence-electron chi connectivity index (χ0n) is 7.64. The Morgan fingerprint density at radius 1 is 1.25 bits per heavy atom. The molecular formula is C9H18O3. The average molecular weight is 174 g/mol. The number of aliphatic hydroxyl groups is 3. The highest BCUT2D eigenvalue weighted by atomic mass is 16.3. The van der Waals surface area contributed by atoms with Crippen LogP contribution < -0.4 is 0 Å². The van der Waals surface area contributed by atoms with Crippen LogP contribution in [-0.2, 0) is 0 Å². The van der Waals surface area contributed by atoms with Gasteiger partial charge in [0.2, 0.25) is 0 Å². The predicted octanol–water partition coefficient (Wildman–Crippen LogP) is -0.00740. The third-order valence-electron chi connectivity index (χ3n) is 2.94. The van der Waals surface area contributed by atoms with Gasteiger partial charge in [-0.1, -0.05) is 13.8 Å². The molecule has 0 aromatic rings. The maximum atomic E-state index is 9.57. The van der Waals surface area contributed by atoms with E-state index in [2.05, 4.69) is 0 Å². The van der Waals surface area contributed by atoms with Crippen molar-refractivity contribution in [2.75, 3.05) is 6.61 Å². The summed E-state index contributed by atoms with van der Waals surface area (Å²) in [5.41, 5.74) is 0. The van der Waals surface area contributed by atoms with E-state index >= 15 is 0 Å². The van der Waals surface area contributed by atoms with Crippen LogP contribution >= 0.6 is 0 Å². The summed E-state index contributed by atoms with van der Waals surface area (Å²) in [5.74, 6) is 0.371. The van der Waals surface area contributed by atoms with E-state index in [9.17, 15) is 10.2 Å². The molecule has 4 atom stereocenters. The lowest BCUT2D eigenvalue weighted by atomic mass is 9.92. The third kappa shape index (κ3) is 1.63. The van der Waals surface area contributed by atoms with Gasteiger partial charge in [0.05, 0.1) is 12.2 Å². The molecule has 0 aromatic heterocycles. The van der Waals surface area contributed by atoms with Gasteiger partial charge in [0.1, 0.15) is 0 Å². The van der Waals surface area contributed by atoms with Gasteiger partial charge in [0.15, 0.2) is 0 Å². The molecule has 1 aliphatic carbocycles. The topological polar surface area (TPSA) is 60.7 Å². The van der Waals surface area contributed by atoms with Crippen molar-refractivity contribution in [2.45, 2.75) is 32.5 Å². The molecule has 3 N–H and O–H groups in total. The van der Waals surface area contributed by atoms with Crippen LogP contribution in [0.1, 0.15) is 20.3 Å². The molecule has 12 heavy (non-hydrogen) atoms. The summed E-state index contributed by atoms with van der Waals surface area (Å²) in [6.07, 6.45) is -0.652. The maximum absolute atomic E-state index is 9.57. The number of hydrogen-bond acceptors (Lipinski definition) is 3. The lowest BCUT2D eigenvalue weighted by Gasteiger charge is -2.19. The van der Waals surface area contributed by atoms with Crippen molar-refractivity contribution in [3.63, 3.8) is 0 Å². The lowest BCUT2D eigenvalue weighted by molar-refractivity contribution is -0.0120. The average Bonchev–Trinajstić information content (AvgIpc) is 2.30. The van der Waals surface area contributed by atoms with Gasteiger partial charge in [-0.2, -0.15) is 0 Å². The van der Waals surface area contributed by atoms with Crippen molar-refractivity contribution < 1.29 is 15.3 Å². The molecule has 0 radical (unpaired) electrons. The molecule has 0 spiro atoms. The fraction of sp³-hybridized carbons (Fsp3) is 1.00.